The minimum absolute atomic E-state index is 0.0291. The number of esters is 1. The first-order chi connectivity index (χ1) is 11.1. The molecule has 0 aliphatic heterocycles. The third kappa shape index (κ3) is 3.22. The van der Waals surface area contributed by atoms with E-state index in [1.54, 1.807) is 18.5 Å². The molecule has 23 heavy (non-hydrogen) atoms. The van der Waals surface area contributed by atoms with Crippen LogP contribution in [0.15, 0.2) is 42.7 Å². The van der Waals surface area contributed by atoms with Crippen LogP contribution in [0.4, 0.5) is 4.39 Å². The van der Waals surface area contributed by atoms with Gasteiger partial charge in [-0.2, -0.15) is 0 Å². The summed E-state index contributed by atoms with van der Waals surface area (Å²) in [5.74, 6) is -0.729. The molecule has 0 spiro atoms. The Hall–Kier alpha value is -1.94. The second kappa shape index (κ2) is 6.67. The molecular formula is C18H17ClFNO2. The van der Waals surface area contributed by atoms with Crippen molar-refractivity contribution in [2.75, 3.05) is 0 Å². The summed E-state index contributed by atoms with van der Waals surface area (Å²) in [4.78, 5) is 16.9. The molecule has 1 fully saturated rings. The van der Waals surface area contributed by atoms with Gasteiger partial charge in [0.25, 0.3) is 0 Å². The molecule has 0 saturated heterocycles. The summed E-state index contributed by atoms with van der Waals surface area (Å²) in [5.41, 5.74) is 0.960. The van der Waals surface area contributed by atoms with Gasteiger partial charge in [0.2, 0.25) is 0 Å². The van der Waals surface area contributed by atoms with Gasteiger partial charge in [-0.3, -0.25) is 9.78 Å². The molecule has 120 valence electrons. The maximum absolute atomic E-state index is 13.2. The fourth-order valence-electron chi connectivity index (χ4n) is 3.15. The van der Waals surface area contributed by atoms with Gasteiger partial charge in [-0.1, -0.05) is 36.6 Å². The molecule has 3 rings (SSSR count). The Morgan fingerprint density at radius 1 is 1.30 bits per heavy atom. The van der Waals surface area contributed by atoms with Crippen LogP contribution in [0.2, 0.25) is 5.02 Å². The molecule has 1 aromatic carbocycles. The standard InChI is InChI=1S/C18H17ClFNO2/c19-15-10-13(5-6-16(15)20)12-23-17(22)18(7-1-2-8-18)14-4-3-9-21-11-14/h3-6,9-11H,1-2,7-8,12H2. The topological polar surface area (TPSA) is 39.2 Å². The van der Waals surface area contributed by atoms with Crippen molar-refractivity contribution in [2.45, 2.75) is 37.7 Å². The van der Waals surface area contributed by atoms with Gasteiger partial charge in [0, 0.05) is 12.4 Å². The Labute approximate surface area is 139 Å². The van der Waals surface area contributed by atoms with E-state index < -0.39 is 11.2 Å². The lowest BCUT2D eigenvalue weighted by atomic mass is 9.80. The summed E-state index contributed by atoms with van der Waals surface area (Å²) >= 11 is 5.76. The van der Waals surface area contributed by atoms with Gasteiger partial charge in [-0.05, 0) is 42.2 Å². The molecule has 0 atom stereocenters. The number of benzene rings is 1. The number of aromatic nitrogens is 1. The number of ether oxygens (including phenoxy) is 1. The van der Waals surface area contributed by atoms with Gasteiger partial charge >= 0.3 is 5.97 Å². The number of nitrogens with zero attached hydrogens (tertiary/aromatic N) is 1. The Morgan fingerprint density at radius 2 is 2.09 bits per heavy atom. The number of hydrogen-bond donors (Lipinski definition) is 0. The van der Waals surface area contributed by atoms with E-state index in [2.05, 4.69) is 4.98 Å². The second-order valence-corrected chi connectivity index (χ2v) is 6.26. The summed E-state index contributed by atoms with van der Waals surface area (Å²) in [6.07, 6.45) is 6.95. The quantitative estimate of drug-likeness (QED) is 0.777. The SMILES string of the molecule is O=C(OCc1ccc(F)c(Cl)c1)C1(c2cccnc2)CCCC1. The van der Waals surface area contributed by atoms with Gasteiger partial charge in [0.1, 0.15) is 12.4 Å². The highest BCUT2D eigenvalue weighted by Crippen LogP contribution is 2.42. The van der Waals surface area contributed by atoms with E-state index in [0.717, 1.165) is 31.2 Å². The summed E-state index contributed by atoms with van der Waals surface area (Å²) < 4.78 is 18.7. The normalized spacial score (nSPS) is 16.3. The van der Waals surface area contributed by atoms with Crippen molar-refractivity contribution in [3.63, 3.8) is 0 Å². The third-order valence-electron chi connectivity index (χ3n) is 4.42. The number of carbonyl (C=O) groups is 1. The van der Waals surface area contributed by atoms with Crippen molar-refractivity contribution >= 4 is 17.6 Å². The molecular weight excluding hydrogens is 317 g/mol. The first kappa shape index (κ1) is 15.9. The number of pyridine rings is 1. The zero-order chi connectivity index (χ0) is 16.3. The molecule has 0 radical (unpaired) electrons. The number of rotatable bonds is 4. The van der Waals surface area contributed by atoms with E-state index in [0.29, 0.717) is 5.56 Å². The molecule has 0 unspecified atom stereocenters. The molecule has 2 aromatic rings. The van der Waals surface area contributed by atoms with Crippen molar-refractivity contribution < 1.29 is 13.9 Å². The first-order valence-electron chi connectivity index (χ1n) is 7.63. The van der Waals surface area contributed by atoms with E-state index in [9.17, 15) is 9.18 Å². The van der Waals surface area contributed by atoms with E-state index in [4.69, 9.17) is 16.3 Å². The second-order valence-electron chi connectivity index (χ2n) is 5.86. The molecule has 1 aliphatic rings. The fourth-order valence-corrected chi connectivity index (χ4v) is 3.35. The Kier molecular flexibility index (Phi) is 4.62. The lowest BCUT2D eigenvalue weighted by Gasteiger charge is -2.26. The Balaban J connectivity index is 1.76. The maximum atomic E-state index is 13.2. The Bertz CT molecular complexity index is 699. The molecule has 0 N–H and O–H groups in total. The molecule has 1 saturated carbocycles. The van der Waals surface area contributed by atoms with E-state index in [1.165, 1.54) is 12.1 Å². The maximum Gasteiger partial charge on any atom is 0.316 e. The summed E-state index contributed by atoms with van der Waals surface area (Å²) in [6, 6.07) is 8.09. The lowest BCUT2D eigenvalue weighted by molar-refractivity contribution is -0.152. The lowest BCUT2D eigenvalue weighted by Crippen LogP contribution is -2.34. The van der Waals surface area contributed by atoms with Crippen molar-refractivity contribution in [1.29, 1.82) is 0 Å². The van der Waals surface area contributed by atoms with Crippen LogP contribution in [0, 0.1) is 5.82 Å². The fraction of sp³-hybridized carbons (Fsp3) is 0.333. The Morgan fingerprint density at radius 3 is 2.74 bits per heavy atom. The van der Waals surface area contributed by atoms with Crippen molar-refractivity contribution in [1.82, 2.24) is 4.98 Å². The van der Waals surface area contributed by atoms with Crippen LogP contribution in [0.25, 0.3) is 0 Å². The van der Waals surface area contributed by atoms with Crippen LogP contribution in [0.1, 0.15) is 36.8 Å². The first-order valence-corrected chi connectivity index (χ1v) is 8.01. The molecule has 1 aromatic heterocycles. The summed E-state index contributed by atoms with van der Waals surface area (Å²) in [6.45, 7) is 0.0842. The summed E-state index contributed by atoms with van der Waals surface area (Å²) in [7, 11) is 0. The predicted octanol–water partition coefficient (Wildman–Crippen LogP) is 4.43. The highest BCUT2D eigenvalue weighted by molar-refractivity contribution is 6.30. The smallest absolute Gasteiger partial charge is 0.316 e. The zero-order valence-electron chi connectivity index (χ0n) is 12.6. The van der Waals surface area contributed by atoms with Crippen molar-refractivity contribution in [3.05, 3.63) is 64.7 Å². The zero-order valence-corrected chi connectivity index (χ0v) is 13.4. The highest BCUT2D eigenvalue weighted by atomic mass is 35.5. The number of carbonyl (C=O) groups excluding carboxylic acids is 1. The van der Waals surface area contributed by atoms with Crippen LogP contribution >= 0.6 is 11.6 Å². The molecule has 0 bridgehead atoms. The van der Waals surface area contributed by atoms with Gasteiger partial charge in [-0.15, -0.1) is 0 Å². The largest absolute Gasteiger partial charge is 0.460 e. The number of halogens is 2. The monoisotopic (exact) mass is 333 g/mol. The summed E-state index contributed by atoms with van der Waals surface area (Å²) in [5, 5.41) is 0.0291. The molecule has 1 heterocycles. The molecule has 3 nitrogen and oxygen atoms in total. The van der Waals surface area contributed by atoms with E-state index in [-0.39, 0.29) is 17.6 Å². The van der Waals surface area contributed by atoms with Crippen LogP contribution < -0.4 is 0 Å². The minimum Gasteiger partial charge on any atom is -0.460 e. The average Bonchev–Trinajstić information content (AvgIpc) is 3.07. The third-order valence-corrected chi connectivity index (χ3v) is 4.71. The van der Waals surface area contributed by atoms with Gasteiger partial charge in [0.15, 0.2) is 0 Å². The average molecular weight is 334 g/mol. The van der Waals surface area contributed by atoms with Crippen molar-refractivity contribution in [3.8, 4) is 0 Å². The van der Waals surface area contributed by atoms with E-state index in [1.807, 2.05) is 12.1 Å². The van der Waals surface area contributed by atoms with Gasteiger partial charge in [0.05, 0.1) is 10.4 Å². The van der Waals surface area contributed by atoms with Crippen LogP contribution in [0.5, 0.6) is 0 Å². The predicted molar refractivity (Wildman–Crippen MR) is 85.6 cm³/mol. The van der Waals surface area contributed by atoms with Crippen molar-refractivity contribution in [2.24, 2.45) is 0 Å². The van der Waals surface area contributed by atoms with Crippen LogP contribution in [-0.4, -0.2) is 11.0 Å². The molecule has 0 amide bonds. The van der Waals surface area contributed by atoms with Crippen LogP contribution in [-0.2, 0) is 21.6 Å². The van der Waals surface area contributed by atoms with Gasteiger partial charge < -0.3 is 4.74 Å². The van der Waals surface area contributed by atoms with Gasteiger partial charge in [-0.25, -0.2) is 4.39 Å². The van der Waals surface area contributed by atoms with E-state index >= 15 is 0 Å². The minimum atomic E-state index is -0.613. The number of hydrogen-bond acceptors (Lipinski definition) is 3. The highest BCUT2D eigenvalue weighted by Gasteiger charge is 2.44. The molecule has 1 aliphatic carbocycles. The molecule has 5 heteroatoms. The van der Waals surface area contributed by atoms with Crippen LogP contribution in [0.3, 0.4) is 0 Å².